The molecule has 3 nitrogen and oxygen atoms in total. The van der Waals surface area contributed by atoms with Crippen LogP contribution in [-0.4, -0.2) is 22.7 Å². The molecule has 1 N–H and O–H groups in total. The normalized spacial score (nSPS) is 15.4. The van der Waals surface area contributed by atoms with Crippen molar-refractivity contribution in [2.24, 2.45) is 0 Å². The van der Waals surface area contributed by atoms with Crippen LogP contribution in [0.3, 0.4) is 0 Å². The van der Waals surface area contributed by atoms with Crippen LogP contribution in [0, 0.1) is 0 Å². The molecule has 1 saturated carbocycles. The lowest BCUT2D eigenvalue weighted by Crippen LogP contribution is -2.27. The van der Waals surface area contributed by atoms with Crippen molar-refractivity contribution in [3.8, 4) is 0 Å². The first-order valence-corrected chi connectivity index (χ1v) is 6.07. The number of halogens is 1. The molecule has 4 heteroatoms. The van der Waals surface area contributed by atoms with Crippen molar-refractivity contribution in [3.05, 3.63) is 22.3 Å². The molecule has 0 amide bonds. The van der Waals surface area contributed by atoms with Gasteiger partial charge < -0.3 is 10.0 Å². The van der Waals surface area contributed by atoms with Gasteiger partial charge in [-0.15, -0.1) is 0 Å². The van der Waals surface area contributed by atoms with Crippen molar-refractivity contribution in [1.82, 2.24) is 4.98 Å². The van der Waals surface area contributed by atoms with Crippen LogP contribution in [0.4, 0.5) is 5.82 Å². The SMILES string of the molecule is CCN(c1ncc(Br)cc1CO)C1CC1. The third-order valence-corrected chi connectivity index (χ3v) is 3.11. The molecule has 0 spiro atoms. The minimum atomic E-state index is 0.0466. The van der Waals surface area contributed by atoms with Crippen molar-refractivity contribution in [1.29, 1.82) is 0 Å². The second kappa shape index (κ2) is 4.49. The first kappa shape index (κ1) is 10.9. The first-order valence-electron chi connectivity index (χ1n) is 5.28. The largest absolute Gasteiger partial charge is 0.392 e. The Morgan fingerprint density at radius 2 is 2.33 bits per heavy atom. The quantitative estimate of drug-likeness (QED) is 0.913. The van der Waals surface area contributed by atoms with Gasteiger partial charge in [-0.05, 0) is 41.8 Å². The van der Waals surface area contributed by atoms with Crippen LogP contribution in [0.1, 0.15) is 25.3 Å². The molecule has 0 unspecified atom stereocenters. The summed E-state index contributed by atoms with van der Waals surface area (Å²) >= 11 is 3.37. The number of aliphatic hydroxyl groups is 1. The summed E-state index contributed by atoms with van der Waals surface area (Å²) in [4.78, 5) is 6.68. The highest BCUT2D eigenvalue weighted by Gasteiger charge is 2.29. The molecule has 0 bridgehead atoms. The van der Waals surface area contributed by atoms with Gasteiger partial charge in [0, 0.05) is 28.8 Å². The maximum absolute atomic E-state index is 9.30. The molecule has 82 valence electrons. The van der Waals surface area contributed by atoms with E-state index in [0.29, 0.717) is 6.04 Å². The molecule has 0 aliphatic heterocycles. The zero-order valence-electron chi connectivity index (χ0n) is 8.78. The highest BCUT2D eigenvalue weighted by atomic mass is 79.9. The van der Waals surface area contributed by atoms with Crippen molar-refractivity contribution in [3.63, 3.8) is 0 Å². The van der Waals surface area contributed by atoms with Gasteiger partial charge in [-0.3, -0.25) is 0 Å². The van der Waals surface area contributed by atoms with Gasteiger partial charge in [-0.25, -0.2) is 4.98 Å². The van der Waals surface area contributed by atoms with Crippen LogP contribution in [0.25, 0.3) is 0 Å². The summed E-state index contributed by atoms with van der Waals surface area (Å²) in [5, 5.41) is 9.30. The van der Waals surface area contributed by atoms with Crippen molar-refractivity contribution >= 4 is 21.7 Å². The van der Waals surface area contributed by atoms with Gasteiger partial charge in [-0.2, -0.15) is 0 Å². The fourth-order valence-electron chi connectivity index (χ4n) is 1.82. The van der Waals surface area contributed by atoms with Crippen molar-refractivity contribution < 1.29 is 5.11 Å². The standard InChI is InChI=1S/C11H15BrN2O/c1-2-14(10-3-4-10)11-8(7-15)5-9(12)6-13-11/h5-6,10,15H,2-4,7H2,1H3. The summed E-state index contributed by atoms with van der Waals surface area (Å²) in [6, 6.07) is 2.57. The van der Waals surface area contributed by atoms with Crippen LogP contribution in [-0.2, 0) is 6.61 Å². The molecule has 1 aliphatic rings. The predicted molar refractivity (Wildman–Crippen MR) is 63.9 cm³/mol. The van der Waals surface area contributed by atoms with Crippen LogP contribution in [0.15, 0.2) is 16.7 Å². The Labute approximate surface area is 98.3 Å². The fraction of sp³-hybridized carbons (Fsp3) is 0.545. The first-order chi connectivity index (χ1) is 7.26. The summed E-state index contributed by atoms with van der Waals surface area (Å²) in [5.74, 6) is 0.936. The fourth-order valence-corrected chi connectivity index (χ4v) is 2.19. The minimum Gasteiger partial charge on any atom is -0.392 e. The third-order valence-electron chi connectivity index (χ3n) is 2.68. The van der Waals surface area contributed by atoms with Crippen molar-refractivity contribution in [2.75, 3.05) is 11.4 Å². The summed E-state index contributed by atoms with van der Waals surface area (Å²) in [6.45, 7) is 3.13. The summed E-state index contributed by atoms with van der Waals surface area (Å²) in [6.07, 6.45) is 4.28. The smallest absolute Gasteiger partial charge is 0.134 e. The Hall–Kier alpha value is -0.610. The average molecular weight is 271 g/mol. The molecule has 2 rings (SSSR count). The monoisotopic (exact) mass is 270 g/mol. The van der Waals surface area contributed by atoms with Crippen LogP contribution >= 0.6 is 15.9 Å². The number of anilines is 1. The van der Waals surface area contributed by atoms with E-state index in [4.69, 9.17) is 0 Å². The minimum absolute atomic E-state index is 0.0466. The van der Waals surface area contributed by atoms with E-state index >= 15 is 0 Å². The van der Waals surface area contributed by atoms with E-state index in [9.17, 15) is 5.11 Å². The number of aromatic nitrogens is 1. The molecule has 1 aromatic rings. The second-order valence-corrected chi connectivity index (χ2v) is 4.73. The molecular weight excluding hydrogens is 256 g/mol. The lowest BCUT2D eigenvalue weighted by atomic mass is 10.2. The van der Waals surface area contributed by atoms with E-state index in [0.717, 1.165) is 22.4 Å². The topological polar surface area (TPSA) is 36.4 Å². The van der Waals surface area contributed by atoms with Gasteiger partial charge in [0.1, 0.15) is 5.82 Å². The maximum atomic E-state index is 9.30. The van der Waals surface area contributed by atoms with Gasteiger partial charge in [0.05, 0.1) is 6.61 Å². The van der Waals surface area contributed by atoms with Crippen molar-refractivity contribution in [2.45, 2.75) is 32.4 Å². The van der Waals surface area contributed by atoms with Gasteiger partial charge in [0.25, 0.3) is 0 Å². The summed E-state index contributed by atoms with van der Waals surface area (Å²) in [5.41, 5.74) is 0.901. The molecule has 15 heavy (non-hydrogen) atoms. The number of pyridine rings is 1. The lowest BCUT2D eigenvalue weighted by molar-refractivity contribution is 0.281. The third kappa shape index (κ3) is 2.32. The lowest BCUT2D eigenvalue weighted by Gasteiger charge is -2.23. The van der Waals surface area contributed by atoms with E-state index in [-0.39, 0.29) is 6.61 Å². The average Bonchev–Trinajstić information content (AvgIpc) is 3.05. The number of aliphatic hydroxyl groups excluding tert-OH is 1. The van der Waals surface area contributed by atoms with Gasteiger partial charge >= 0.3 is 0 Å². The number of hydrogen-bond acceptors (Lipinski definition) is 3. The highest BCUT2D eigenvalue weighted by molar-refractivity contribution is 9.10. The predicted octanol–water partition coefficient (Wildman–Crippen LogP) is 2.33. The van der Waals surface area contributed by atoms with E-state index in [1.807, 2.05) is 6.07 Å². The molecule has 0 radical (unpaired) electrons. The van der Waals surface area contributed by atoms with E-state index in [2.05, 4.69) is 32.7 Å². The van der Waals surface area contributed by atoms with E-state index < -0.39 is 0 Å². The molecule has 1 aliphatic carbocycles. The van der Waals surface area contributed by atoms with Gasteiger partial charge in [0.2, 0.25) is 0 Å². The van der Waals surface area contributed by atoms with Crippen LogP contribution in [0.2, 0.25) is 0 Å². The zero-order chi connectivity index (χ0) is 10.8. The number of nitrogens with zero attached hydrogens (tertiary/aromatic N) is 2. The molecule has 1 fully saturated rings. The molecule has 0 saturated heterocycles. The van der Waals surface area contributed by atoms with Gasteiger partial charge in [0.15, 0.2) is 0 Å². The summed E-state index contributed by atoms with van der Waals surface area (Å²) < 4.78 is 0.919. The number of hydrogen-bond donors (Lipinski definition) is 1. The molecule has 0 atom stereocenters. The Balaban J connectivity index is 2.32. The molecule has 1 aromatic heterocycles. The van der Waals surface area contributed by atoms with Crippen LogP contribution < -0.4 is 4.90 Å². The highest BCUT2D eigenvalue weighted by Crippen LogP contribution is 2.32. The molecular formula is C11H15BrN2O. The Kier molecular flexibility index (Phi) is 3.26. The second-order valence-electron chi connectivity index (χ2n) is 3.81. The van der Waals surface area contributed by atoms with Crippen LogP contribution in [0.5, 0.6) is 0 Å². The Morgan fingerprint density at radius 3 is 2.87 bits per heavy atom. The summed E-state index contributed by atoms with van der Waals surface area (Å²) in [7, 11) is 0. The Bertz CT molecular complexity index is 352. The number of rotatable bonds is 4. The Morgan fingerprint density at radius 1 is 1.60 bits per heavy atom. The zero-order valence-corrected chi connectivity index (χ0v) is 10.4. The van der Waals surface area contributed by atoms with E-state index in [1.54, 1.807) is 6.20 Å². The van der Waals surface area contributed by atoms with Gasteiger partial charge in [-0.1, -0.05) is 0 Å². The molecule has 0 aromatic carbocycles. The molecule has 1 heterocycles. The van der Waals surface area contributed by atoms with E-state index in [1.165, 1.54) is 12.8 Å². The maximum Gasteiger partial charge on any atom is 0.134 e.